The fraction of sp³-hybridized carbons (Fsp3) is 0.353. The number of ether oxygens (including phenoxy) is 1. The first kappa shape index (κ1) is 17.2. The molecule has 0 saturated carbocycles. The first-order valence-corrected chi connectivity index (χ1v) is 7.68. The Kier molecular flexibility index (Phi) is 5.21. The number of anilines is 1. The summed E-state index contributed by atoms with van der Waals surface area (Å²) in [6.07, 6.45) is 1.83. The number of nitrogens with one attached hydrogen (secondary N) is 1. The molecule has 6 heteroatoms. The third-order valence-corrected chi connectivity index (χ3v) is 3.17. The zero-order chi connectivity index (χ0) is 17.0. The maximum absolute atomic E-state index is 11.8. The fourth-order valence-electron chi connectivity index (χ4n) is 2.01. The highest BCUT2D eigenvalue weighted by Crippen LogP contribution is 2.17. The molecule has 1 amide bonds. The van der Waals surface area contributed by atoms with Crippen molar-refractivity contribution < 1.29 is 9.53 Å². The lowest BCUT2D eigenvalue weighted by Gasteiger charge is -2.19. The SMILES string of the molecule is Cc1cnc(Cl)nc1Cc1cccc(NC(=O)OC(C)(C)C)c1. The van der Waals surface area contributed by atoms with Crippen molar-refractivity contribution in [1.29, 1.82) is 0 Å². The number of aromatic nitrogens is 2. The Bertz CT molecular complexity index is 711. The maximum atomic E-state index is 11.8. The molecule has 0 bridgehead atoms. The second-order valence-electron chi connectivity index (χ2n) is 6.27. The quantitative estimate of drug-likeness (QED) is 0.847. The van der Waals surface area contributed by atoms with Crippen molar-refractivity contribution in [3.63, 3.8) is 0 Å². The molecule has 2 rings (SSSR count). The van der Waals surface area contributed by atoms with Crippen LogP contribution < -0.4 is 5.32 Å². The summed E-state index contributed by atoms with van der Waals surface area (Å²) in [7, 11) is 0. The summed E-state index contributed by atoms with van der Waals surface area (Å²) in [5.74, 6) is 0. The van der Waals surface area contributed by atoms with Crippen molar-refractivity contribution in [1.82, 2.24) is 9.97 Å². The van der Waals surface area contributed by atoms with Crippen LogP contribution in [0.15, 0.2) is 30.5 Å². The summed E-state index contributed by atoms with van der Waals surface area (Å²) in [5.41, 5.74) is 2.99. The predicted molar refractivity (Wildman–Crippen MR) is 90.9 cm³/mol. The van der Waals surface area contributed by atoms with Crippen molar-refractivity contribution in [2.24, 2.45) is 0 Å². The van der Waals surface area contributed by atoms with Crippen LogP contribution in [0.5, 0.6) is 0 Å². The lowest BCUT2D eigenvalue weighted by molar-refractivity contribution is 0.0636. The number of halogens is 1. The molecule has 1 heterocycles. The third-order valence-electron chi connectivity index (χ3n) is 2.99. The van der Waals surface area contributed by atoms with Crippen LogP contribution in [0.4, 0.5) is 10.5 Å². The normalized spacial score (nSPS) is 11.2. The molecule has 0 aliphatic carbocycles. The Morgan fingerprint density at radius 1 is 1.35 bits per heavy atom. The second-order valence-corrected chi connectivity index (χ2v) is 6.61. The average Bonchev–Trinajstić information content (AvgIpc) is 2.41. The van der Waals surface area contributed by atoms with E-state index in [4.69, 9.17) is 16.3 Å². The molecule has 0 spiro atoms. The molecule has 1 aromatic heterocycles. The Labute approximate surface area is 141 Å². The first-order chi connectivity index (χ1) is 10.7. The Balaban J connectivity index is 2.11. The minimum Gasteiger partial charge on any atom is -0.444 e. The minimum absolute atomic E-state index is 0.230. The number of benzene rings is 1. The van der Waals surface area contributed by atoms with Crippen molar-refractivity contribution >= 4 is 23.4 Å². The van der Waals surface area contributed by atoms with Gasteiger partial charge in [0.25, 0.3) is 0 Å². The second kappa shape index (κ2) is 6.96. The monoisotopic (exact) mass is 333 g/mol. The molecule has 5 nitrogen and oxygen atoms in total. The van der Waals surface area contributed by atoms with Crippen molar-refractivity contribution in [2.45, 2.75) is 39.7 Å². The average molecular weight is 334 g/mol. The smallest absolute Gasteiger partial charge is 0.412 e. The van der Waals surface area contributed by atoms with Gasteiger partial charge >= 0.3 is 6.09 Å². The van der Waals surface area contributed by atoms with Crippen LogP contribution in [0, 0.1) is 6.92 Å². The molecule has 23 heavy (non-hydrogen) atoms. The number of rotatable bonds is 3. The third kappa shape index (κ3) is 5.53. The van der Waals surface area contributed by atoms with E-state index in [1.807, 2.05) is 52.0 Å². The highest BCUT2D eigenvalue weighted by molar-refractivity contribution is 6.28. The van der Waals surface area contributed by atoms with Gasteiger partial charge in [-0.3, -0.25) is 5.32 Å². The number of hydrogen-bond donors (Lipinski definition) is 1. The molecule has 0 aliphatic rings. The van der Waals surface area contributed by atoms with Gasteiger partial charge in [0.2, 0.25) is 5.28 Å². The number of amides is 1. The van der Waals surface area contributed by atoms with Gasteiger partial charge in [-0.1, -0.05) is 12.1 Å². The topological polar surface area (TPSA) is 64.1 Å². The van der Waals surface area contributed by atoms with Crippen LogP contribution >= 0.6 is 11.6 Å². The van der Waals surface area contributed by atoms with Crippen molar-refractivity contribution in [3.8, 4) is 0 Å². The van der Waals surface area contributed by atoms with Gasteiger partial charge in [-0.2, -0.15) is 0 Å². The molecule has 0 unspecified atom stereocenters. The summed E-state index contributed by atoms with van der Waals surface area (Å²) in [4.78, 5) is 20.0. The molecule has 0 atom stereocenters. The van der Waals surface area contributed by atoms with E-state index in [-0.39, 0.29) is 5.28 Å². The Morgan fingerprint density at radius 2 is 2.09 bits per heavy atom. The van der Waals surface area contributed by atoms with Gasteiger partial charge in [0.05, 0.1) is 5.69 Å². The van der Waals surface area contributed by atoms with Crippen molar-refractivity contribution in [3.05, 3.63) is 52.6 Å². The van der Waals surface area contributed by atoms with E-state index in [1.54, 1.807) is 6.20 Å². The number of hydrogen-bond acceptors (Lipinski definition) is 4. The lowest BCUT2D eigenvalue weighted by atomic mass is 10.1. The summed E-state index contributed by atoms with van der Waals surface area (Å²) in [5, 5.41) is 2.96. The number of aryl methyl sites for hydroxylation is 1. The van der Waals surface area contributed by atoms with E-state index in [1.165, 1.54) is 0 Å². The molecule has 1 aromatic carbocycles. The molecular weight excluding hydrogens is 314 g/mol. The van der Waals surface area contributed by atoms with E-state index in [0.29, 0.717) is 12.1 Å². The van der Waals surface area contributed by atoms with Gasteiger partial charge in [0.15, 0.2) is 0 Å². The summed E-state index contributed by atoms with van der Waals surface area (Å²) in [6, 6.07) is 7.54. The van der Waals surface area contributed by atoms with Gasteiger partial charge in [0.1, 0.15) is 5.60 Å². The Hall–Kier alpha value is -2.14. The van der Waals surface area contributed by atoms with Crippen LogP contribution in [0.3, 0.4) is 0 Å². The van der Waals surface area contributed by atoms with E-state index >= 15 is 0 Å². The molecule has 0 aliphatic heterocycles. The number of carbonyl (C=O) groups excluding carboxylic acids is 1. The largest absolute Gasteiger partial charge is 0.444 e. The zero-order valence-electron chi connectivity index (χ0n) is 13.7. The van der Waals surface area contributed by atoms with Gasteiger partial charge in [-0.15, -0.1) is 0 Å². The highest BCUT2D eigenvalue weighted by Gasteiger charge is 2.16. The number of nitrogens with zero attached hydrogens (tertiary/aromatic N) is 2. The van der Waals surface area contributed by atoms with Gasteiger partial charge in [-0.05, 0) is 62.6 Å². The molecular formula is C17H20ClN3O2. The molecule has 0 radical (unpaired) electrons. The highest BCUT2D eigenvalue weighted by atomic mass is 35.5. The van der Waals surface area contributed by atoms with Crippen LogP contribution in [-0.4, -0.2) is 21.7 Å². The van der Waals surface area contributed by atoms with E-state index in [0.717, 1.165) is 16.8 Å². The number of carbonyl (C=O) groups is 1. The standard InChI is InChI=1S/C17H20ClN3O2/c1-11-10-19-15(18)21-14(11)9-12-6-5-7-13(8-12)20-16(22)23-17(2,3)4/h5-8,10H,9H2,1-4H3,(H,20,22). The Morgan fingerprint density at radius 3 is 2.78 bits per heavy atom. The lowest BCUT2D eigenvalue weighted by Crippen LogP contribution is -2.27. The maximum Gasteiger partial charge on any atom is 0.412 e. The van der Waals surface area contributed by atoms with Crippen LogP contribution in [-0.2, 0) is 11.2 Å². The van der Waals surface area contributed by atoms with E-state index < -0.39 is 11.7 Å². The molecule has 0 saturated heterocycles. The molecule has 2 aromatic rings. The van der Waals surface area contributed by atoms with E-state index in [9.17, 15) is 4.79 Å². The summed E-state index contributed by atoms with van der Waals surface area (Å²) >= 11 is 5.85. The zero-order valence-corrected chi connectivity index (χ0v) is 14.4. The summed E-state index contributed by atoms with van der Waals surface area (Å²) in [6.45, 7) is 7.41. The van der Waals surface area contributed by atoms with Crippen LogP contribution in [0.1, 0.15) is 37.6 Å². The molecule has 0 fully saturated rings. The summed E-state index contributed by atoms with van der Waals surface area (Å²) < 4.78 is 5.25. The van der Waals surface area contributed by atoms with Crippen LogP contribution in [0.2, 0.25) is 5.28 Å². The fourth-order valence-corrected chi connectivity index (χ4v) is 2.16. The molecule has 1 N–H and O–H groups in total. The first-order valence-electron chi connectivity index (χ1n) is 7.30. The van der Waals surface area contributed by atoms with Gasteiger partial charge in [0, 0.05) is 18.3 Å². The van der Waals surface area contributed by atoms with Gasteiger partial charge < -0.3 is 4.74 Å². The van der Waals surface area contributed by atoms with Crippen molar-refractivity contribution in [2.75, 3.05) is 5.32 Å². The molecule has 122 valence electrons. The predicted octanol–water partition coefficient (Wildman–Crippen LogP) is 4.38. The van der Waals surface area contributed by atoms with E-state index in [2.05, 4.69) is 15.3 Å². The minimum atomic E-state index is -0.531. The van der Waals surface area contributed by atoms with Gasteiger partial charge in [-0.25, -0.2) is 14.8 Å². The van der Waals surface area contributed by atoms with Crippen LogP contribution in [0.25, 0.3) is 0 Å².